The third kappa shape index (κ3) is 6.35. The number of piperazine rings is 1. The van der Waals surface area contributed by atoms with Crippen LogP contribution in [0.25, 0.3) is 0 Å². The number of carbonyl (C=O) groups excluding carboxylic acids is 2. The number of urea groups is 1. The van der Waals surface area contributed by atoms with Crippen molar-refractivity contribution in [1.82, 2.24) is 20.4 Å². The Hall–Kier alpha value is -1.83. The van der Waals surface area contributed by atoms with Gasteiger partial charge in [0, 0.05) is 64.6 Å². The summed E-state index contributed by atoms with van der Waals surface area (Å²) in [5.41, 5.74) is 1.15. The number of rotatable bonds is 5. The van der Waals surface area contributed by atoms with Gasteiger partial charge in [-0.05, 0) is 18.2 Å². The minimum absolute atomic E-state index is 0. The van der Waals surface area contributed by atoms with Crippen LogP contribution in [0.4, 0.5) is 10.5 Å². The monoisotopic (exact) mass is 355 g/mol. The van der Waals surface area contributed by atoms with E-state index in [-0.39, 0.29) is 24.3 Å². The summed E-state index contributed by atoms with van der Waals surface area (Å²) in [5, 5.41) is 8.96. The normalized spacial score (nSPS) is 14.4. The molecule has 1 aliphatic heterocycles. The summed E-state index contributed by atoms with van der Waals surface area (Å²) >= 11 is 0. The number of hydrogen-bond donors (Lipinski definition) is 3. The maximum Gasteiger partial charge on any atom is 0.321 e. The molecule has 0 atom stereocenters. The van der Waals surface area contributed by atoms with Crippen molar-refractivity contribution in [3.05, 3.63) is 29.8 Å². The first-order valence-electron chi connectivity index (χ1n) is 7.86. The number of nitrogens with zero attached hydrogens (tertiary/aromatic N) is 2. The van der Waals surface area contributed by atoms with Crippen LogP contribution < -0.4 is 16.0 Å². The molecule has 1 aromatic carbocycles. The summed E-state index contributed by atoms with van der Waals surface area (Å²) in [6, 6.07) is 6.73. The third-order valence-corrected chi connectivity index (χ3v) is 3.71. The summed E-state index contributed by atoms with van der Waals surface area (Å²) in [6.07, 6.45) is 0. The van der Waals surface area contributed by atoms with E-state index in [1.54, 1.807) is 38.4 Å². The first-order valence-corrected chi connectivity index (χ1v) is 7.86. The van der Waals surface area contributed by atoms with Gasteiger partial charge in [0.1, 0.15) is 0 Å². The van der Waals surface area contributed by atoms with Crippen molar-refractivity contribution >= 4 is 30.0 Å². The van der Waals surface area contributed by atoms with E-state index >= 15 is 0 Å². The average Bonchev–Trinajstić information content (AvgIpc) is 2.56. The van der Waals surface area contributed by atoms with Crippen LogP contribution in [0, 0.1) is 0 Å². The summed E-state index contributed by atoms with van der Waals surface area (Å²) in [4.78, 5) is 27.6. The second kappa shape index (κ2) is 10.1. The van der Waals surface area contributed by atoms with Crippen molar-refractivity contribution in [3.8, 4) is 0 Å². The molecule has 1 heterocycles. The van der Waals surface area contributed by atoms with Gasteiger partial charge in [-0.1, -0.05) is 6.07 Å². The standard InChI is InChI=1S/C16H25N5O2.ClH/c1-20(2)16(23)19-14-5-3-4-13(12-14)15(22)18-8-11-21-9-6-17-7-10-21;/h3-5,12,17H,6-11H2,1-2H3,(H,18,22)(H,19,23);1H. The number of nitrogens with one attached hydrogen (secondary N) is 3. The number of carbonyl (C=O) groups is 2. The smallest absolute Gasteiger partial charge is 0.321 e. The number of anilines is 1. The van der Waals surface area contributed by atoms with Gasteiger partial charge in [0.25, 0.3) is 5.91 Å². The molecule has 0 saturated carbocycles. The van der Waals surface area contributed by atoms with E-state index in [0.717, 1.165) is 32.7 Å². The van der Waals surface area contributed by atoms with Gasteiger partial charge in [0.05, 0.1) is 0 Å². The lowest BCUT2D eigenvalue weighted by atomic mass is 10.2. The van der Waals surface area contributed by atoms with E-state index in [1.807, 2.05) is 0 Å². The SMILES string of the molecule is CN(C)C(=O)Nc1cccc(C(=O)NCCN2CCNCC2)c1.Cl. The lowest BCUT2D eigenvalue weighted by Crippen LogP contribution is -2.46. The highest BCUT2D eigenvalue weighted by molar-refractivity contribution is 5.96. The molecule has 0 bridgehead atoms. The summed E-state index contributed by atoms with van der Waals surface area (Å²) in [5.74, 6) is -0.124. The minimum atomic E-state index is -0.221. The van der Waals surface area contributed by atoms with E-state index < -0.39 is 0 Å². The number of amides is 3. The van der Waals surface area contributed by atoms with Gasteiger partial charge in [0.15, 0.2) is 0 Å². The van der Waals surface area contributed by atoms with Gasteiger partial charge in [-0.3, -0.25) is 9.69 Å². The molecule has 1 saturated heterocycles. The quantitative estimate of drug-likeness (QED) is 0.731. The Labute approximate surface area is 149 Å². The molecule has 3 N–H and O–H groups in total. The first kappa shape index (κ1) is 20.2. The van der Waals surface area contributed by atoms with Crippen LogP contribution in [0.1, 0.15) is 10.4 Å². The van der Waals surface area contributed by atoms with Gasteiger partial charge in [-0.25, -0.2) is 4.79 Å². The van der Waals surface area contributed by atoms with E-state index in [4.69, 9.17) is 0 Å². The van der Waals surface area contributed by atoms with Gasteiger partial charge < -0.3 is 20.9 Å². The molecule has 0 spiro atoms. The number of hydrogen-bond acceptors (Lipinski definition) is 4. The topological polar surface area (TPSA) is 76.7 Å². The van der Waals surface area contributed by atoms with Crippen molar-refractivity contribution in [2.24, 2.45) is 0 Å². The zero-order valence-corrected chi connectivity index (χ0v) is 15.0. The molecule has 7 nitrogen and oxygen atoms in total. The van der Waals surface area contributed by atoms with Crippen LogP contribution >= 0.6 is 12.4 Å². The molecule has 0 unspecified atom stereocenters. The Balaban J connectivity index is 0.00000288. The molecule has 2 rings (SSSR count). The molecular weight excluding hydrogens is 330 g/mol. The Bertz CT molecular complexity index is 547. The summed E-state index contributed by atoms with van der Waals surface area (Å²) in [7, 11) is 3.34. The Morgan fingerprint density at radius 3 is 2.62 bits per heavy atom. The molecule has 0 aromatic heterocycles. The van der Waals surface area contributed by atoms with Crippen LogP contribution in [0.2, 0.25) is 0 Å². The molecule has 1 fully saturated rings. The summed E-state index contributed by atoms with van der Waals surface area (Å²) < 4.78 is 0. The van der Waals surface area contributed by atoms with Crippen molar-refractivity contribution in [2.45, 2.75) is 0 Å². The number of halogens is 1. The van der Waals surface area contributed by atoms with Gasteiger partial charge >= 0.3 is 6.03 Å². The van der Waals surface area contributed by atoms with Crippen molar-refractivity contribution in [2.75, 3.05) is 58.7 Å². The third-order valence-electron chi connectivity index (χ3n) is 3.71. The molecule has 8 heteroatoms. The van der Waals surface area contributed by atoms with Crippen molar-refractivity contribution < 1.29 is 9.59 Å². The highest BCUT2D eigenvalue weighted by atomic mass is 35.5. The second-order valence-electron chi connectivity index (χ2n) is 5.75. The molecule has 3 amide bonds. The minimum Gasteiger partial charge on any atom is -0.351 e. The maximum absolute atomic E-state index is 12.2. The van der Waals surface area contributed by atoms with Crippen LogP contribution in [0.3, 0.4) is 0 Å². The average molecular weight is 356 g/mol. The lowest BCUT2D eigenvalue weighted by Gasteiger charge is -2.27. The summed E-state index contributed by atoms with van der Waals surface area (Å²) in [6.45, 7) is 5.50. The molecular formula is C16H26ClN5O2. The van der Waals surface area contributed by atoms with Crippen LogP contribution in [-0.4, -0.2) is 75.1 Å². The fraction of sp³-hybridized carbons (Fsp3) is 0.500. The highest BCUT2D eigenvalue weighted by Gasteiger charge is 2.11. The second-order valence-corrected chi connectivity index (χ2v) is 5.75. The fourth-order valence-electron chi connectivity index (χ4n) is 2.34. The van der Waals surface area contributed by atoms with E-state index in [9.17, 15) is 9.59 Å². The van der Waals surface area contributed by atoms with E-state index in [2.05, 4.69) is 20.9 Å². The van der Waals surface area contributed by atoms with Gasteiger partial charge in [-0.2, -0.15) is 0 Å². The Morgan fingerprint density at radius 2 is 1.96 bits per heavy atom. The predicted molar refractivity (Wildman–Crippen MR) is 98.0 cm³/mol. The van der Waals surface area contributed by atoms with Crippen LogP contribution in [0.15, 0.2) is 24.3 Å². The van der Waals surface area contributed by atoms with Crippen molar-refractivity contribution in [1.29, 1.82) is 0 Å². The van der Waals surface area contributed by atoms with Crippen molar-refractivity contribution in [3.63, 3.8) is 0 Å². The largest absolute Gasteiger partial charge is 0.351 e. The molecule has 24 heavy (non-hydrogen) atoms. The van der Waals surface area contributed by atoms with Gasteiger partial charge in [-0.15, -0.1) is 12.4 Å². The van der Waals surface area contributed by atoms with Gasteiger partial charge in [0.2, 0.25) is 0 Å². The Morgan fingerprint density at radius 1 is 1.25 bits per heavy atom. The zero-order chi connectivity index (χ0) is 16.7. The lowest BCUT2D eigenvalue weighted by molar-refractivity contribution is 0.0947. The number of benzene rings is 1. The van der Waals surface area contributed by atoms with Crippen LogP contribution in [-0.2, 0) is 0 Å². The highest BCUT2D eigenvalue weighted by Crippen LogP contribution is 2.11. The van der Waals surface area contributed by atoms with E-state index in [0.29, 0.717) is 17.8 Å². The molecule has 134 valence electrons. The molecule has 1 aliphatic rings. The predicted octanol–water partition coefficient (Wildman–Crippen LogP) is 0.837. The molecule has 0 radical (unpaired) electrons. The van der Waals surface area contributed by atoms with E-state index in [1.165, 1.54) is 4.90 Å². The van der Waals surface area contributed by atoms with Crippen LogP contribution in [0.5, 0.6) is 0 Å². The zero-order valence-electron chi connectivity index (χ0n) is 14.2. The Kier molecular flexibility index (Phi) is 8.53. The molecule has 1 aromatic rings. The maximum atomic E-state index is 12.2. The molecule has 0 aliphatic carbocycles. The first-order chi connectivity index (χ1) is 11.1. The fourth-order valence-corrected chi connectivity index (χ4v) is 2.34.